The molecule has 0 bridgehead atoms. The van der Waals surface area contributed by atoms with Crippen molar-refractivity contribution < 1.29 is 18.4 Å². The molecule has 0 fully saturated rings. The van der Waals surface area contributed by atoms with E-state index >= 15 is 0 Å². The number of hydrogen-bond acceptors (Lipinski definition) is 3. The van der Waals surface area contributed by atoms with Gasteiger partial charge in [-0.05, 0) is 6.07 Å². The Kier molecular flexibility index (Phi) is 4.85. The lowest BCUT2D eigenvalue weighted by Gasteiger charge is -2.11. The molecule has 0 amide bonds. The van der Waals surface area contributed by atoms with Gasteiger partial charge in [-0.25, -0.2) is 4.39 Å². The zero-order valence-corrected chi connectivity index (χ0v) is 12.3. The molecule has 2 rings (SSSR count). The van der Waals surface area contributed by atoms with Crippen LogP contribution in [0.3, 0.4) is 0 Å². The number of nitrogens with zero attached hydrogens (tertiary/aromatic N) is 1. The smallest absolute Gasteiger partial charge is 0.305 e. The van der Waals surface area contributed by atoms with Gasteiger partial charge in [0.15, 0.2) is 11.6 Å². The molecular weight excluding hydrogens is 348 g/mol. The summed E-state index contributed by atoms with van der Waals surface area (Å²) < 4.78 is 32.9. The number of benzene rings is 2. The molecule has 0 spiro atoms. The first kappa shape index (κ1) is 15.4. The van der Waals surface area contributed by atoms with Crippen LogP contribution in [0.15, 0.2) is 36.4 Å². The highest BCUT2D eigenvalue weighted by Crippen LogP contribution is 2.27. The number of halogens is 3. The molecule has 0 aliphatic heterocycles. The molecular formula is C14H10BrF2NO3. The molecule has 0 unspecified atom stereocenters. The molecule has 0 saturated heterocycles. The topological polar surface area (TPSA) is 52.4 Å². The van der Waals surface area contributed by atoms with Crippen LogP contribution >= 0.6 is 15.9 Å². The van der Waals surface area contributed by atoms with Crippen molar-refractivity contribution in [1.29, 1.82) is 0 Å². The highest BCUT2D eigenvalue weighted by atomic mass is 79.9. The molecule has 0 radical (unpaired) electrons. The summed E-state index contributed by atoms with van der Waals surface area (Å²) in [6, 6.07) is 8.20. The number of hydrogen-bond donors (Lipinski definition) is 0. The highest BCUT2D eigenvalue weighted by Gasteiger charge is 2.18. The molecule has 0 aliphatic rings. The summed E-state index contributed by atoms with van der Waals surface area (Å²) in [5.41, 5.74) is -0.0702. The predicted molar refractivity (Wildman–Crippen MR) is 76.4 cm³/mol. The Morgan fingerprint density at radius 3 is 2.48 bits per heavy atom. The van der Waals surface area contributed by atoms with Crippen LogP contribution in [0.1, 0.15) is 11.1 Å². The van der Waals surface area contributed by atoms with Crippen LogP contribution in [0, 0.1) is 21.7 Å². The minimum Gasteiger partial charge on any atom is -0.485 e. The summed E-state index contributed by atoms with van der Waals surface area (Å²) in [5, 5.41) is 11.0. The van der Waals surface area contributed by atoms with E-state index < -0.39 is 22.2 Å². The Morgan fingerprint density at radius 1 is 1.14 bits per heavy atom. The van der Waals surface area contributed by atoms with Gasteiger partial charge in [-0.15, -0.1) is 0 Å². The Labute approximate surface area is 127 Å². The van der Waals surface area contributed by atoms with Gasteiger partial charge in [-0.3, -0.25) is 10.1 Å². The van der Waals surface area contributed by atoms with E-state index in [-0.39, 0.29) is 17.9 Å². The van der Waals surface area contributed by atoms with Crippen molar-refractivity contribution in [3.63, 3.8) is 0 Å². The van der Waals surface area contributed by atoms with E-state index in [9.17, 15) is 18.9 Å². The van der Waals surface area contributed by atoms with Gasteiger partial charge in [-0.2, -0.15) is 4.39 Å². The Bertz CT molecular complexity index is 679. The van der Waals surface area contributed by atoms with E-state index in [1.54, 1.807) is 6.07 Å². The molecule has 0 atom stereocenters. The SMILES string of the molecule is O=[N+]([O-])c1cccc(COc2c(F)cccc2CBr)c1F. The summed E-state index contributed by atoms with van der Waals surface area (Å²) in [5.74, 6) is -1.54. The zero-order chi connectivity index (χ0) is 15.4. The number of nitro groups is 1. The third kappa shape index (κ3) is 3.36. The normalized spacial score (nSPS) is 10.4. The van der Waals surface area contributed by atoms with Crippen LogP contribution in [-0.4, -0.2) is 4.92 Å². The van der Waals surface area contributed by atoms with E-state index in [2.05, 4.69) is 15.9 Å². The fraction of sp³-hybridized carbons (Fsp3) is 0.143. The summed E-state index contributed by atoms with van der Waals surface area (Å²) in [7, 11) is 0. The Hall–Kier alpha value is -2.02. The zero-order valence-electron chi connectivity index (χ0n) is 10.7. The lowest BCUT2D eigenvalue weighted by Crippen LogP contribution is -2.04. The van der Waals surface area contributed by atoms with E-state index in [1.807, 2.05) is 0 Å². The van der Waals surface area contributed by atoms with Gasteiger partial charge >= 0.3 is 5.69 Å². The monoisotopic (exact) mass is 357 g/mol. The van der Waals surface area contributed by atoms with Gasteiger partial charge in [0.2, 0.25) is 5.82 Å². The fourth-order valence-electron chi connectivity index (χ4n) is 1.79. The maximum Gasteiger partial charge on any atom is 0.305 e. The lowest BCUT2D eigenvalue weighted by atomic mass is 10.2. The third-order valence-electron chi connectivity index (χ3n) is 2.82. The molecule has 4 nitrogen and oxygen atoms in total. The van der Waals surface area contributed by atoms with E-state index in [0.717, 1.165) is 6.07 Å². The summed E-state index contributed by atoms with van der Waals surface area (Å²) >= 11 is 3.20. The van der Waals surface area contributed by atoms with Crippen molar-refractivity contribution in [2.45, 2.75) is 11.9 Å². The number of rotatable bonds is 5. The molecule has 7 heteroatoms. The average Bonchev–Trinajstić information content (AvgIpc) is 2.46. The van der Waals surface area contributed by atoms with E-state index in [1.165, 1.54) is 24.3 Å². The van der Waals surface area contributed by atoms with Gasteiger partial charge in [0.25, 0.3) is 0 Å². The van der Waals surface area contributed by atoms with Gasteiger partial charge in [0, 0.05) is 22.5 Å². The first-order chi connectivity index (χ1) is 10.0. The summed E-state index contributed by atoms with van der Waals surface area (Å²) in [6.45, 7) is -0.297. The maximum atomic E-state index is 13.9. The van der Waals surface area contributed by atoms with Gasteiger partial charge < -0.3 is 4.74 Å². The average molecular weight is 358 g/mol. The van der Waals surface area contributed by atoms with Crippen molar-refractivity contribution in [3.8, 4) is 5.75 Å². The number of ether oxygens (including phenoxy) is 1. The third-order valence-corrected chi connectivity index (χ3v) is 3.42. The molecule has 0 aromatic heterocycles. The molecule has 0 saturated carbocycles. The molecule has 110 valence electrons. The van der Waals surface area contributed by atoms with E-state index in [4.69, 9.17) is 4.74 Å². The van der Waals surface area contributed by atoms with Gasteiger partial charge in [0.1, 0.15) is 6.61 Å². The standard InChI is InChI=1S/C14H10BrF2NO3/c15-7-9-3-1-5-11(16)14(9)21-8-10-4-2-6-12(13(10)17)18(19)20/h1-6H,7-8H2. The van der Waals surface area contributed by atoms with Crippen LogP contribution in [0.4, 0.5) is 14.5 Å². The minimum absolute atomic E-state index is 0.000260. The van der Waals surface area contributed by atoms with E-state index in [0.29, 0.717) is 10.9 Å². The largest absolute Gasteiger partial charge is 0.485 e. The second-order valence-electron chi connectivity index (χ2n) is 4.16. The molecule has 0 heterocycles. The highest BCUT2D eigenvalue weighted by molar-refractivity contribution is 9.08. The van der Waals surface area contributed by atoms with Crippen molar-refractivity contribution in [2.24, 2.45) is 0 Å². The van der Waals surface area contributed by atoms with Crippen LogP contribution in [0.5, 0.6) is 5.75 Å². The minimum atomic E-state index is -0.973. The Morgan fingerprint density at radius 2 is 1.81 bits per heavy atom. The van der Waals surface area contributed by atoms with Crippen LogP contribution in [-0.2, 0) is 11.9 Å². The number of alkyl halides is 1. The molecule has 2 aromatic rings. The summed E-state index contributed by atoms with van der Waals surface area (Å²) in [6.07, 6.45) is 0. The first-order valence-corrected chi connectivity index (χ1v) is 7.04. The van der Waals surface area contributed by atoms with Gasteiger partial charge in [-0.1, -0.05) is 40.2 Å². The van der Waals surface area contributed by atoms with Crippen molar-refractivity contribution in [2.75, 3.05) is 0 Å². The van der Waals surface area contributed by atoms with Crippen molar-refractivity contribution >= 4 is 21.6 Å². The van der Waals surface area contributed by atoms with Crippen molar-refractivity contribution in [1.82, 2.24) is 0 Å². The molecule has 21 heavy (non-hydrogen) atoms. The van der Waals surface area contributed by atoms with Crippen LogP contribution in [0.2, 0.25) is 0 Å². The van der Waals surface area contributed by atoms with Crippen molar-refractivity contribution in [3.05, 3.63) is 69.3 Å². The molecule has 0 aliphatic carbocycles. The van der Waals surface area contributed by atoms with Crippen LogP contribution < -0.4 is 4.74 Å². The second-order valence-corrected chi connectivity index (χ2v) is 4.72. The van der Waals surface area contributed by atoms with Gasteiger partial charge in [0.05, 0.1) is 4.92 Å². The first-order valence-electron chi connectivity index (χ1n) is 5.92. The maximum absolute atomic E-state index is 13.9. The second kappa shape index (κ2) is 6.62. The lowest BCUT2D eigenvalue weighted by molar-refractivity contribution is -0.387. The van der Waals surface area contributed by atoms with Crippen LogP contribution in [0.25, 0.3) is 0 Å². The molecule has 2 aromatic carbocycles. The predicted octanol–water partition coefficient (Wildman–Crippen LogP) is 4.35. The Balaban J connectivity index is 2.25. The quantitative estimate of drug-likeness (QED) is 0.454. The molecule has 0 N–H and O–H groups in total. The number of nitro benzene ring substituents is 1. The summed E-state index contributed by atoms with van der Waals surface area (Å²) in [4.78, 5) is 9.85. The fourth-order valence-corrected chi connectivity index (χ4v) is 2.23. The number of para-hydroxylation sites is 1.